The molecule has 0 atom stereocenters. The van der Waals surface area contributed by atoms with Gasteiger partial charge in [-0.05, 0) is 0 Å². The topological polar surface area (TPSA) is 78.0 Å². The van der Waals surface area contributed by atoms with E-state index in [2.05, 4.69) is 15.5 Å². The van der Waals surface area contributed by atoms with E-state index in [1.54, 1.807) is 7.05 Å². The molecular formula is C5H7N3O2. The van der Waals surface area contributed by atoms with E-state index in [0.29, 0.717) is 5.82 Å². The van der Waals surface area contributed by atoms with Crippen molar-refractivity contribution >= 4 is 11.8 Å². The number of aromatic carboxylic acids is 1. The van der Waals surface area contributed by atoms with Crippen LogP contribution in [0.3, 0.4) is 0 Å². The highest BCUT2D eigenvalue weighted by Gasteiger charge is 2.04. The standard InChI is InChI=1S/C5H7N3O2/c1-6-4-2-3(5(9)10)7-8-4/h2H,1H3,(H,9,10)(H2,6,7,8). The number of nitrogens with one attached hydrogen (secondary N) is 2. The molecule has 5 heteroatoms. The molecule has 10 heavy (non-hydrogen) atoms. The van der Waals surface area contributed by atoms with Gasteiger partial charge in [0.15, 0.2) is 0 Å². The molecule has 0 unspecified atom stereocenters. The predicted molar refractivity (Wildman–Crippen MR) is 35.1 cm³/mol. The van der Waals surface area contributed by atoms with Crippen molar-refractivity contribution in [3.63, 3.8) is 0 Å². The molecule has 0 saturated heterocycles. The first-order chi connectivity index (χ1) is 4.74. The number of rotatable bonds is 2. The quantitative estimate of drug-likeness (QED) is 0.547. The maximum absolute atomic E-state index is 10.2. The molecule has 1 aromatic heterocycles. The van der Waals surface area contributed by atoms with Gasteiger partial charge in [0.2, 0.25) is 0 Å². The second kappa shape index (κ2) is 2.38. The smallest absolute Gasteiger partial charge is 0.353 e. The summed E-state index contributed by atoms with van der Waals surface area (Å²) >= 11 is 0. The molecule has 0 amide bonds. The zero-order valence-electron chi connectivity index (χ0n) is 5.38. The predicted octanol–water partition coefficient (Wildman–Crippen LogP) is 0.150. The number of aromatic amines is 1. The molecule has 1 heterocycles. The van der Waals surface area contributed by atoms with E-state index in [9.17, 15) is 4.79 Å². The molecule has 0 aromatic carbocycles. The number of carboxylic acids is 1. The molecule has 5 nitrogen and oxygen atoms in total. The number of aromatic nitrogens is 2. The van der Waals surface area contributed by atoms with Gasteiger partial charge in [0.25, 0.3) is 0 Å². The van der Waals surface area contributed by atoms with Gasteiger partial charge in [-0.15, -0.1) is 0 Å². The third-order valence-corrected chi connectivity index (χ3v) is 1.06. The normalized spacial score (nSPS) is 9.30. The van der Waals surface area contributed by atoms with Crippen LogP contribution in [0.4, 0.5) is 5.82 Å². The summed E-state index contributed by atoms with van der Waals surface area (Å²) in [5, 5.41) is 17.1. The summed E-state index contributed by atoms with van der Waals surface area (Å²) in [4.78, 5) is 10.2. The Balaban J connectivity index is 2.88. The fourth-order valence-corrected chi connectivity index (χ4v) is 0.559. The number of hydrogen-bond donors (Lipinski definition) is 3. The summed E-state index contributed by atoms with van der Waals surface area (Å²) in [6.45, 7) is 0. The molecule has 1 aromatic rings. The molecule has 0 aliphatic carbocycles. The van der Waals surface area contributed by atoms with Crippen LogP contribution in [0.15, 0.2) is 6.07 Å². The van der Waals surface area contributed by atoms with Gasteiger partial charge in [-0.1, -0.05) is 0 Å². The van der Waals surface area contributed by atoms with Crippen LogP contribution in [0.2, 0.25) is 0 Å². The zero-order valence-corrected chi connectivity index (χ0v) is 5.38. The van der Waals surface area contributed by atoms with Crippen LogP contribution in [0.5, 0.6) is 0 Å². The van der Waals surface area contributed by atoms with Crippen molar-refractivity contribution in [3.8, 4) is 0 Å². The van der Waals surface area contributed by atoms with Crippen LogP contribution < -0.4 is 5.32 Å². The fraction of sp³-hybridized carbons (Fsp3) is 0.200. The van der Waals surface area contributed by atoms with Crippen LogP contribution in [0.1, 0.15) is 10.5 Å². The third-order valence-electron chi connectivity index (χ3n) is 1.06. The van der Waals surface area contributed by atoms with E-state index in [-0.39, 0.29) is 5.69 Å². The third kappa shape index (κ3) is 1.07. The minimum absolute atomic E-state index is 0.0874. The summed E-state index contributed by atoms with van der Waals surface area (Å²) in [5.74, 6) is -0.480. The van der Waals surface area contributed by atoms with Crippen molar-refractivity contribution in [1.29, 1.82) is 0 Å². The maximum Gasteiger partial charge on any atom is 0.353 e. The van der Waals surface area contributed by atoms with Crippen LogP contribution >= 0.6 is 0 Å². The van der Waals surface area contributed by atoms with Gasteiger partial charge in [0.05, 0.1) is 0 Å². The lowest BCUT2D eigenvalue weighted by Gasteiger charge is -1.84. The number of anilines is 1. The van der Waals surface area contributed by atoms with Gasteiger partial charge in [-0.3, -0.25) is 5.10 Å². The summed E-state index contributed by atoms with van der Waals surface area (Å²) in [7, 11) is 1.67. The average Bonchev–Trinajstić information content (AvgIpc) is 2.34. The molecule has 0 bridgehead atoms. The van der Waals surface area contributed by atoms with Gasteiger partial charge in [0.1, 0.15) is 11.5 Å². The van der Waals surface area contributed by atoms with Gasteiger partial charge in [-0.25, -0.2) is 4.79 Å². The maximum atomic E-state index is 10.2. The second-order valence-corrected chi connectivity index (χ2v) is 1.72. The van der Waals surface area contributed by atoms with Crippen LogP contribution in [0, 0.1) is 0 Å². The lowest BCUT2D eigenvalue weighted by atomic mass is 10.4. The number of carboxylic acid groups (broad SMARTS) is 1. The summed E-state index contributed by atoms with van der Waals surface area (Å²) in [5.41, 5.74) is 0.0874. The van der Waals surface area contributed by atoms with Crippen molar-refractivity contribution in [2.75, 3.05) is 12.4 Å². The number of nitrogens with zero attached hydrogens (tertiary/aromatic N) is 1. The molecule has 0 aliphatic heterocycles. The molecule has 0 aliphatic rings. The van der Waals surface area contributed by atoms with Crippen LogP contribution in [-0.4, -0.2) is 28.3 Å². The Hall–Kier alpha value is -1.52. The fourth-order valence-electron chi connectivity index (χ4n) is 0.559. The lowest BCUT2D eigenvalue weighted by Crippen LogP contribution is -1.95. The molecule has 3 N–H and O–H groups in total. The van der Waals surface area contributed by atoms with Crippen molar-refractivity contribution in [1.82, 2.24) is 10.2 Å². The van der Waals surface area contributed by atoms with E-state index in [4.69, 9.17) is 5.11 Å². The molecule has 0 spiro atoms. The minimum atomic E-state index is -1.01. The minimum Gasteiger partial charge on any atom is -0.477 e. The summed E-state index contributed by atoms with van der Waals surface area (Å²) in [6, 6.07) is 1.42. The Morgan fingerprint density at radius 1 is 1.90 bits per heavy atom. The van der Waals surface area contributed by atoms with Crippen molar-refractivity contribution in [2.45, 2.75) is 0 Å². The van der Waals surface area contributed by atoms with E-state index >= 15 is 0 Å². The molecule has 0 saturated carbocycles. The number of H-pyrrole nitrogens is 1. The first-order valence-corrected chi connectivity index (χ1v) is 2.70. The molecule has 1 rings (SSSR count). The van der Waals surface area contributed by atoms with Gasteiger partial charge in [0, 0.05) is 13.1 Å². The SMILES string of the molecule is CNc1cc(C(=O)O)[nH]n1. The second-order valence-electron chi connectivity index (χ2n) is 1.72. The van der Waals surface area contributed by atoms with Crippen molar-refractivity contribution in [3.05, 3.63) is 11.8 Å². The molecule has 54 valence electrons. The van der Waals surface area contributed by atoms with E-state index in [0.717, 1.165) is 0 Å². The molecule has 0 fully saturated rings. The average molecular weight is 141 g/mol. The van der Waals surface area contributed by atoms with Crippen LogP contribution in [-0.2, 0) is 0 Å². The first kappa shape index (κ1) is 6.60. The molecular weight excluding hydrogens is 134 g/mol. The Labute approximate surface area is 57.1 Å². The van der Waals surface area contributed by atoms with Gasteiger partial charge >= 0.3 is 5.97 Å². The summed E-state index contributed by atoms with van der Waals surface area (Å²) < 4.78 is 0. The summed E-state index contributed by atoms with van der Waals surface area (Å²) in [6.07, 6.45) is 0. The van der Waals surface area contributed by atoms with E-state index in [1.807, 2.05) is 0 Å². The Morgan fingerprint density at radius 3 is 2.90 bits per heavy atom. The van der Waals surface area contributed by atoms with Gasteiger partial charge < -0.3 is 10.4 Å². The molecule has 0 radical (unpaired) electrons. The monoisotopic (exact) mass is 141 g/mol. The van der Waals surface area contributed by atoms with Gasteiger partial charge in [-0.2, -0.15) is 5.10 Å². The highest BCUT2D eigenvalue weighted by molar-refractivity contribution is 5.86. The Morgan fingerprint density at radius 2 is 2.60 bits per heavy atom. The highest BCUT2D eigenvalue weighted by Crippen LogP contribution is 2.02. The zero-order chi connectivity index (χ0) is 7.56. The first-order valence-electron chi connectivity index (χ1n) is 2.70. The van der Waals surface area contributed by atoms with E-state index in [1.165, 1.54) is 6.07 Å². The van der Waals surface area contributed by atoms with Crippen LogP contribution in [0.25, 0.3) is 0 Å². The number of hydrogen-bond acceptors (Lipinski definition) is 3. The van der Waals surface area contributed by atoms with Crippen molar-refractivity contribution in [2.24, 2.45) is 0 Å². The van der Waals surface area contributed by atoms with Crippen molar-refractivity contribution < 1.29 is 9.90 Å². The highest BCUT2D eigenvalue weighted by atomic mass is 16.4. The largest absolute Gasteiger partial charge is 0.477 e. The Kier molecular flexibility index (Phi) is 1.57. The number of carbonyl (C=O) groups is 1. The lowest BCUT2D eigenvalue weighted by molar-refractivity contribution is 0.0690. The Bertz CT molecular complexity index is 243. The van der Waals surface area contributed by atoms with E-state index < -0.39 is 5.97 Å².